The number of halogens is 6. The average molecular weight is 805 g/mol. The molecule has 4 heterocycles. The van der Waals surface area contributed by atoms with E-state index in [0.717, 1.165) is 0 Å². The van der Waals surface area contributed by atoms with Crippen molar-refractivity contribution in [3.8, 4) is 0 Å². The van der Waals surface area contributed by atoms with Crippen LogP contribution in [0.15, 0.2) is 49.1 Å². The fourth-order valence-corrected chi connectivity index (χ4v) is 4.04. The van der Waals surface area contributed by atoms with Gasteiger partial charge in [-0.2, -0.15) is 54.0 Å². The summed E-state index contributed by atoms with van der Waals surface area (Å²) >= 11 is 0. The third-order valence-electron chi connectivity index (χ3n) is 6.19. The van der Waals surface area contributed by atoms with Gasteiger partial charge in [-0.1, -0.05) is 19.6 Å². The molecule has 6 N–H and O–H groups in total. The van der Waals surface area contributed by atoms with Crippen LogP contribution in [0.1, 0.15) is 43.6 Å². The number of nitrogens with two attached hydrogens (primary N) is 2. The number of nitrogens with zero attached hydrogens (tertiary/aromatic N) is 4. The lowest BCUT2D eigenvalue weighted by Crippen LogP contribution is -2.46. The number of aromatic nitrogens is 2. The molecule has 2 aromatic heterocycles. The van der Waals surface area contributed by atoms with Gasteiger partial charge in [-0.15, -0.1) is 49.6 Å². The first-order valence-electron chi connectivity index (χ1n) is 11.7. The van der Waals surface area contributed by atoms with Crippen LogP contribution in [0.25, 0.3) is 0 Å². The predicted molar refractivity (Wildman–Crippen MR) is 204 cm³/mol. The number of hydrogen-bond donors (Lipinski definition) is 4. The Morgan fingerprint density at radius 3 is 1.27 bits per heavy atom. The normalized spacial score (nSPS) is 18.3. The Morgan fingerprint density at radius 2 is 1.04 bits per heavy atom. The molecule has 0 bridgehead atoms. The van der Waals surface area contributed by atoms with Crippen LogP contribution in [0.4, 0.5) is 8.78 Å². The molecule has 2 amide bonds. The Morgan fingerprint density at radius 1 is 0.733 bits per heavy atom. The van der Waals surface area contributed by atoms with Crippen LogP contribution in [-0.2, 0) is 9.59 Å². The zero-order chi connectivity index (χ0) is 26.2. The van der Waals surface area contributed by atoms with E-state index in [-0.39, 0.29) is 124 Å². The molecular formula is C25H48Cl4F2N6O4S4. The third-order valence-corrected chi connectivity index (χ3v) is 6.19. The molecule has 0 aromatic carbocycles. The molecule has 45 heavy (non-hydrogen) atoms. The molecule has 2 aliphatic rings. The molecule has 4 rings (SSSR count). The van der Waals surface area contributed by atoms with E-state index in [1.807, 2.05) is 0 Å². The van der Waals surface area contributed by atoms with E-state index in [1.54, 1.807) is 36.7 Å². The largest absolute Gasteiger partial charge is 0.386 e. The molecular weight excluding hydrogens is 756 g/mol. The van der Waals surface area contributed by atoms with E-state index in [2.05, 4.69) is 9.97 Å². The number of carbonyl (C=O) groups excluding carboxylic acids is 2. The SMILES string of the molecule is C.Cl.Cl.Cl.Cl.N[C@@H](C(=O)N1CC[C@H](F)C1)[C@@H](O)c1cccnc1.N[C@H](C(=O)N1CC[C@H](F)C1)[C@H](O)c1cccnc1.S.S.S.S. The second kappa shape index (κ2) is 29.6. The van der Waals surface area contributed by atoms with Gasteiger partial charge in [-0.05, 0) is 25.0 Å². The third kappa shape index (κ3) is 17.5. The lowest BCUT2D eigenvalue weighted by atomic mass is 10.0. The number of carbonyl (C=O) groups is 2. The highest BCUT2D eigenvalue weighted by Gasteiger charge is 2.34. The van der Waals surface area contributed by atoms with Crippen LogP contribution in [0, 0.1) is 0 Å². The molecule has 2 aromatic rings. The first-order valence-corrected chi connectivity index (χ1v) is 11.7. The van der Waals surface area contributed by atoms with Crippen molar-refractivity contribution in [3.63, 3.8) is 0 Å². The number of aliphatic hydroxyl groups is 2. The Balaban J connectivity index is -0.000000107. The average Bonchev–Trinajstić information content (AvgIpc) is 3.55. The van der Waals surface area contributed by atoms with Crippen molar-refractivity contribution in [2.45, 2.75) is 56.9 Å². The summed E-state index contributed by atoms with van der Waals surface area (Å²) in [6.45, 7) is 0.833. The van der Waals surface area contributed by atoms with Gasteiger partial charge >= 0.3 is 0 Å². The van der Waals surface area contributed by atoms with Crippen LogP contribution in [0.3, 0.4) is 0 Å². The Hall–Kier alpha value is -0.500. The van der Waals surface area contributed by atoms with Gasteiger partial charge < -0.3 is 31.5 Å². The number of alkyl halides is 2. The summed E-state index contributed by atoms with van der Waals surface area (Å²) in [5.41, 5.74) is 12.4. The van der Waals surface area contributed by atoms with Gasteiger partial charge in [0.05, 0.1) is 13.1 Å². The zero-order valence-corrected chi connectivity index (χ0v) is 30.6. The van der Waals surface area contributed by atoms with Crippen molar-refractivity contribution >= 4 is 115 Å². The highest BCUT2D eigenvalue weighted by Crippen LogP contribution is 2.20. The molecule has 0 saturated carbocycles. The van der Waals surface area contributed by atoms with Crippen molar-refractivity contribution in [1.82, 2.24) is 19.8 Å². The highest BCUT2D eigenvalue weighted by molar-refractivity contribution is 7.59. The summed E-state index contributed by atoms with van der Waals surface area (Å²) in [5.74, 6) is -0.849. The first kappa shape index (κ1) is 59.9. The molecule has 20 heteroatoms. The summed E-state index contributed by atoms with van der Waals surface area (Å²) in [6.07, 6.45) is 2.50. The van der Waals surface area contributed by atoms with Crippen molar-refractivity contribution in [3.05, 3.63) is 60.2 Å². The minimum atomic E-state index is -1.12. The highest BCUT2D eigenvalue weighted by atomic mass is 35.5. The number of rotatable bonds is 6. The van der Waals surface area contributed by atoms with Crippen LogP contribution >= 0.6 is 104 Å². The van der Waals surface area contributed by atoms with Crippen molar-refractivity contribution in [1.29, 1.82) is 0 Å². The van der Waals surface area contributed by atoms with E-state index < -0.39 is 48.4 Å². The molecule has 6 atom stereocenters. The van der Waals surface area contributed by atoms with Gasteiger partial charge in [-0.3, -0.25) is 19.6 Å². The summed E-state index contributed by atoms with van der Waals surface area (Å²) in [6, 6.07) is 4.44. The summed E-state index contributed by atoms with van der Waals surface area (Å²) < 4.78 is 26.0. The number of pyridine rings is 2. The van der Waals surface area contributed by atoms with Gasteiger partial charge in [0, 0.05) is 49.0 Å². The van der Waals surface area contributed by atoms with Crippen LogP contribution in [0.2, 0.25) is 0 Å². The Labute approximate surface area is 316 Å². The molecule has 268 valence electrons. The van der Waals surface area contributed by atoms with Gasteiger partial charge in [-0.25, -0.2) is 8.78 Å². The van der Waals surface area contributed by atoms with E-state index in [1.165, 1.54) is 22.2 Å². The number of aliphatic hydroxyl groups excluding tert-OH is 2. The topological polar surface area (TPSA) is 159 Å². The number of hydrogen-bond acceptors (Lipinski definition) is 8. The monoisotopic (exact) mass is 802 g/mol. The standard InChI is InChI=1S/2C12H16FN3O2.CH4.4ClH.4H2S/c2*13-9-3-5-16(7-9)12(18)10(14)11(17)8-2-1-4-15-6-8;;;;;;;;;/h2*1-2,4,6,9-11,17H,3,5,7,14H2;1H4;4*1H;4*1H2/t9-,10+,11-;9-,10-,11+;;;;;;;;;/m00........./s1. The number of amides is 2. The quantitative estimate of drug-likeness (QED) is 0.348. The van der Waals surface area contributed by atoms with Crippen molar-refractivity contribution in [2.75, 3.05) is 26.2 Å². The van der Waals surface area contributed by atoms with E-state index in [9.17, 15) is 28.6 Å². The molecule has 0 spiro atoms. The first-order chi connectivity index (χ1) is 17.2. The van der Waals surface area contributed by atoms with E-state index in [4.69, 9.17) is 11.5 Å². The molecule has 0 unspecified atom stereocenters. The van der Waals surface area contributed by atoms with Gasteiger partial charge in [0.25, 0.3) is 0 Å². The van der Waals surface area contributed by atoms with Crippen LogP contribution in [-0.4, -0.2) is 92.4 Å². The Bertz CT molecular complexity index is 949. The second-order valence-corrected chi connectivity index (χ2v) is 8.85. The molecule has 10 nitrogen and oxygen atoms in total. The predicted octanol–water partition coefficient (Wildman–Crippen LogP) is 2.80. The second-order valence-electron chi connectivity index (χ2n) is 8.85. The lowest BCUT2D eigenvalue weighted by Gasteiger charge is -2.23. The smallest absolute Gasteiger partial charge is 0.242 e. The Kier molecular flexibility index (Phi) is 39.4. The van der Waals surface area contributed by atoms with Crippen molar-refractivity contribution < 1.29 is 28.6 Å². The van der Waals surface area contributed by atoms with E-state index >= 15 is 0 Å². The van der Waals surface area contributed by atoms with Gasteiger partial charge in [0.2, 0.25) is 11.8 Å². The molecule has 0 aliphatic carbocycles. The fraction of sp³-hybridized carbons (Fsp3) is 0.520. The minimum absolute atomic E-state index is 0. The van der Waals surface area contributed by atoms with Crippen LogP contribution in [0.5, 0.6) is 0 Å². The number of likely N-dealkylation sites (tertiary alicyclic amines) is 2. The van der Waals surface area contributed by atoms with E-state index in [0.29, 0.717) is 37.1 Å². The van der Waals surface area contributed by atoms with Gasteiger partial charge in [0.15, 0.2) is 0 Å². The maximum absolute atomic E-state index is 13.0. The molecule has 0 radical (unpaired) electrons. The van der Waals surface area contributed by atoms with Crippen molar-refractivity contribution in [2.24, 2.45) is 11.5 Å². The van der Waals surface area contributed by atoms with Gasteiger partial charge in [0.1, 0.15) is 36.6 Å². The molecule has 2 fully saturated rings. The summed E-state index contributed by atoms with van der Waals surface area (Å²) in [5, 5.41) is 20.0. The molecule has 2 aliphatic heterocycles. The minimum Gasteiger partial charge on any atom is -0.386 e. The maximum Gasteiger partial charge on any atom is 0.242 e. The summed E-state index contributed by atoms with van der Waals surface area (Å²) in [4.78, 5) is 34.3. The lowest BCUT2D eigenvalue weighted by molar-refractivity contribution is -0.135. The summed E-state index contributed by atoms with van der Waals surface area (Å²) in [7, 11) is 0. The fourth-order valence-electron chi connectivity index (χ4n) is 4.04. The molecule has 2 saturated heterocycles. The maximum atomic E-state index is 13.0. The zero-order valence-electron chi connectivity index (χ0n) is 23.4. The van der Waals surface area contributed by atoms with Crippen LogP contribution < -0.4 is 11.5 Å².